The van der Waals surface area contributed by atoms with Crippen molar-refractivity contribution in [1.82, 2.24) is 10.6 Å². The summed E-state index contributed by atoms with van der Waals surface area (Å²) in [4.78, 5) is 10.5. The van der Waals surface area contributed by atoms with Gasteiger partial charge in [0.2, 0.25) is 0 Å². The maximum Gasteiger partial charge on any atom is 0.312 e. The lowest BCUT2D eigenvalue weighted by atomic mass is 9.80. The summed E-state index contributed by atoms with van der Waals surface area (Å²) in [5, 5.41) is 6.07. The summed E-state index contributed by atoms with van der Waals surface area (Å²) in [5.74, 6) is 1.57. The molecule has 0 spiro atoms. The fourth-order valence-corrected chi connectivity index (χ4v) is 2.26. The molecule has 3 atom stereocenters. The molecular weight excluding hydrogens is 190 g/mol. The van der Waals surface area contributed by atoms with Gasteiger partial charge in [-0.15, -0.1) is 0 Å². The van der Waals surface area contributed by atoms with Crippen LogP contribution in [-0.2, 0) is 0 Å². The lowest BCUT2D eigenvalue weighted by Crippen LogP contribution is -2.43. The van der Waals surface area contributed by atoms with Crippen LogP contribution in [0.25, 0.3) is 0 Å². The van der Waals surface area contributed by atoms with Crippen LogP contribution in [0.2, 0.25) is 0 Å². The number of hydrogen-bond acceptors (Lipinski definition) is 2. The van der Waals surface area contributed by atoms with Gasteiger partial charge in [-0.05, 0) is 24.7 Å². The first-order valence-electron chi connectivity index (χ1n) is 5.86. The zero-order valence-electron chi connectivity index (χ0n) is 9.75. The highest BCUT2D eigenvalue weighted by Gasteiger charge is 2.24. The fourth-order valence-electron chi connectivity index (χ4n) is 2.26. The number of carbonyl (C=O) groups excluding carboxylic acids is 1. The van der Waals surface area contributed by atoms with Crippen molar-refractivity contribution < 1.29 is 4.79 Å². The number of rotatable bonds is 4. The second kappa shape index (κ2) is 5.95. The van der Waals surface area contributed by atoms with Crippen LogP contribution in [0, 0.1) is 11.8 Å². The Hall–Kier alpha value is -0.770. The maximum absolute atomic E-state index is 10.5. The zero-order chi connectivity index (χ0) is 11.3. The molecule has 88 valence electrons. The van der Waals surface area contributed by atoms with Gasteiger partial charge in [0, 0.05) is 19.1 Å². The topological polar surface area (TPSA) is 67.2 Å². The summed E-state index contributed by atoms with van der Waals surface area (Å²) in [6, 6.07) is 0.158. The Bertz CT molecular complexity index is 208. The highest BCUT2D eigenvalue weighted by atomic mass is 16.2. The van der Waals surface area contributed by atoms with Gasteiger partial charge >= 0.3 is 6.03 Å². The van der Waals surface area contributed by atoms with Gasteiger partial charge in [-0.1, -0.05) is 20.3 Å². The Balaban J connectivity index is 2.16. The number of carbonyl (C=O) groups is 1. The maximum atomic E-state index is 10.5. The Kier molecular flexibility index (Phi) is 4.88. The van der Waals surface area contributed by atoms with Crippen molar-refractivity contribution >= 4 is 6.03 Å². The molecule has 0 radical (unpaired) electrons. The molecule has 0 aliphatic heterocycles. The number of hydrogen-bond donors (Lipinski definition) is 3. The van der Waals surface area contributed by atoms with Crippen molar-refractivity contribution in [1.29, 1.82) is 0 Å². The second-order valence-corrected chi connectivity index (χ2v) is 4.75. The fraction of sp³-hybridized carbons (Fsp3) is 0.909. The molecule has 3 unspecified atom stereocenters. The van der Waals surface area contributed by atoms with Crippen LogP contribution < -0.4 is 16.4 Å². The van der Waals surface area contributed by atoms with Crippen LogP contribution in [-0.4, -0.2) is 25.2 Å². The SMILES string of the molecule is CC1CCC(C)C(NCCNC(N)=O)C1. The molecule has 0 heterocycles. The van der Waals surface area contributed by atoms with Crippen molar-refractivity contribution in [2.45, 2.75) is 39.2 Å². The van der Waals surface area contributed by atoms with Crippen molar-refractivity contribution in [3.05, 3.63) is 0 Å². The standard InChI is InChI=1S/C11H23N3O/c1-8-3-4-9(2)10(7-8)13-5-6-14-11(12)15/h8-10,13H,3-7H2,1-2H3,(H3,12,14,15). The molecule has 0 bridgehead atoms. The molecule has 0 saturated heterocycles. The monoisotopic (exact) mass is 213 g/mol. The van der Waals surface area contributed by atoms with Gasteiger partial charge in [-0.25, -0.2) is 4.79 Å². The Morgan fingerprint density at radius 1 is 1.33 bits per heavy atom. The zero-order valence-corrected chi connectivity index (χ0v) is 9.75. The van der Waals surface area contributed by atoms with E-state index in [-0.39, 0.29) is 0 Å². The number of amides is 2. The van der Waals surface area contributed by atoms with E-state index in [0.29, 0.717) is 12.6 Å². The summed E-state index contributed by atoms with van der Waals surface area (Å²) in [6.45, 7) is 6.03. The molecule has 4 nitrogen and oxygen atoms in total. The number of nitrogens with one attached hydrogen (secondary N) is 2. The molecule has 1 fully saturated rings. The van der Waals surface area contributed by atoms with Gasteiger partial charge < -0.3 is 16.4 Å². The molecule has 0 aromatic heterocycles. The van der Waals surface area contributed by atoms with E-state index in [0.717, 1.165) is 18.4 Å². The molecule has 0 aromatic rings. The first kappa shape index (κ1) is 12.3. The smallest absolute Gasteiger partial charge is 0.312 e. The van der Waals surface area contributed by atoms with Crippen molar-refractivity contribution in [3.63, 3.8) is 0 Å². The van der Waals surface area contributed by atoms with E-state index in [4.69, 9.17) is 5.73 Å². The summed E-state index contributed by atoms with van der Waals surface area (Å²) in [5.41, 5.74) is 4.98. The van der Waals surface area contributed by atoms with Gasteiger partial charge in [-0.3, -0.25) is 0 Å². The molecule has 1 saturated carbocycles. The van der Waals surface area contributed by atoms with Crippen LogP contribution in [0.3, 0.4) is 0 Å². The van der Waals surface area contributed by atoms with Crippen LogP contribution in [0.15, 0.2) is 0 Å². The van der Waals surface area contributed by atoms with Crippen molar-refractivity contribution in [3.8, 4) is 0 Å². The van der Waals surface area contributed by atoms with Crippen molar-refractivity contribution in [2.24, 2.45) is 17.6 Å². The Morgan fingerprint density at radius 3 is 2.73 bits per heavy atom. The van der Waals surface area contributed by atoms with Crippen LogP contribution in [0.5, 0.6) is 0 Å². The highest BCUT2D eigenvalue weighted by Crippen LogP contribution is 2.28. The minimum atomic E-state index is -0.443. The van der Waals surface area contributed by atoms with Crippen LogP contribution in [0.1, 0.15) is 33.1 Å². The van der Waals surface area contributed by atoms with Gasteiger partial charge in [0.05, 0.1) is 0 Å². The van der Waals surface area contributed by atoms with E-state index in [2.05, 4.69) is 24.5 Å². The summed E-state index contributed by atoms with van der Waals surface area (Å²) in [7, 11) is 0. The molecule has 1 aliphatic rings. The van der Waals surface area contributed by atoms with E-state index in [9.17, 15) is 4.79 Å². The number of nitrogens with two attached hydrogens (primary N) is 1. The molecule has 15 heavy (non-hydrogen) atoms. The molecule has 1 rings (SSSR count). The lowest BCUT2D eigenvalue weighted by molar-refractivity contribution is 0.227. The Labute approximate surface area is 92.0 Å². The van der Waals surface area contributed by atoms with Crippen LogP contribution >= 0.6 is 0 Å². The van der Waals surface area contributed by atoms with Gasteiger partial charge in [-0.2, -0.15) is 0 Å². The quantitative estimate of drug-likeness (QED) is 0.611. The van der Waals surface area contributed by atoms with Crippen molar-refractivity contribution in [2.75, 3.05) is 13.1 Å². The van der Waals surface area contributed by atoms with Gasteiger partial charge in [0.1, 0.15) is 0 Å². The van der Waals surface area contributed by atoms with Gasteiger partial charge in [0.15, 0.2) is 0 Å². The molecule has 2 amide bonds. The summed E-state index contributed by atoms with van der Waals surface area (Å²) < 4.78 is 0. The van der Waals surface area contributed by atoms with E-state index < -0.39 is 6.03 Å². The number of urea groups is 1. The Morgan fingerprint density at radius 2 is 2.07 bits per heavy atom. The van der Waals surface area contributed by atoms with Gasteiger partial charge in [0.25, 0.3) is 0 Å². The third-order valence-electron chi connectivity index (χ3n) is 3.29. The number of primary amides is 1. The largest absolute Gasteiger partial charge is 0.352 e. The molecular formula is C11H23N3O. The summed E-state index contributed by atoms with van der Waals surface area (Å²) in [6.07, 6.45) is 3.90. The third kappa shape index (κ3) is 4.51. The first-order valence-corrected chi connectivity index (χ1v) is 5.86. The average Bonchev–Trinajstić information content (AvgIpc) is 2.17. The van der Waals surface area contributed by atoms with E-state index in [1.165, 1.54) is 19.3 Å². The van der Waals surface area contributed by atoms with Crippen LogP contribution in [0.4, 0.5) is 4.79 Å². The molecule has 0 aromatic carbocycles. The average molecular weight is 213 g/mol. The summed E-state index contributed by atoms with van der Waals surface area (Å²) >= 11 is 0. The molecule has 4 heteroatoms. The predicted octanol–water partition coefficient (Wildman–Crippen LogP) is 1.07. The highest BCUT2D eigenvalue weighted by molar-refractivity contribution is 5.71. The van der Waals surface area contributed by atoms with E-state index >= 15 is 0 Å². The minimum absolute atomic E-state index is 0.443. The second-order valence-electron chi connectivity index (χ2n) is 4.75. The van der Waals surface area contributed by atoms with E-state index in [1.54, 1.807) is 0 Å². The normalized spacial score (nSPS) is 31.2. The minimum Gasteiger partial charge on any atom is -0.352 e. The van der Waals surface area contributed by atoms with E-state index in [1.807, 2.05) is 0 Å². The lowest BCUT2D eigenvalue weighted by Gasteiger charge is -2.33. The predicted molar refractivity (Wildman–Crippen MR) is 61.6 cm³/mol. The molecule has 4 N–H and O–H groups in total. The molecule has 1 aliphatic carbocycles. The third-order valence-corrected chi connectivity index (χ3v) is 3.29. The first-order chi connectivity index (χ1) is 7.09.